The SMILES string of the molecule is CC(C)[C@@H](N=C1NS(=O)(=O)c2ccccc21)C(=O)NNC(=O)c1ccccc1. The molecule has 8 nitrogen and oxygen atoms in total. The van der Waals surface area contributed by atoms with Gasteiger partial charge in [-0.15, -0.1) is 0 Å². The summed E-state index contributed by atoms with van der Waals surface area (Å²) >= 11 is 0. The van der Waals surface area contributed by atoms with Gasteiger partial charge >= 0.3 is 0 Å². The molecule has 1 heterocycles. The van der Waals surface area contributed by atoms with Crippen LogP contribution in [0.15, 0.2) is 64.5 Å². The fourth-order valence-corrected chi connectivity index (χ4v) is 3.97. The lowest BCUT2D eigenvalue weighted by atomic mass is 10.0. The molecule has 146 valence electrons. The molecular weight excluding hydrogens is 380 g/mol. The van der Waals surface area contributed by atoms with Gasteiger partial charge in [0.05, 0.1) is 4.90 Å². The Bertz CT molecular complexity index is 1030. The van der Waals surface area contributed by atoms with E-state index in [2.05, 4.69) is 20.6 Å². The Morgan fingerprint density at radius 2 is 1.61 bits per heavy atom. The third-order valence-corrected chi connectivity index (χ3v) is 5.56. The van der Waals surface area contributed by atoms with E-state index in [1.165, 1.54) is 6.07 Å². The van der Waals surface area contributed by atoms with Crippen LogP contribution in [0.25, 0.3) is 0 Å². The molecule has 1 aliphatic heterocycles. The largest absolute Gasteiger partial charge is 0.271 e. The summed E-state index contributed by atoms with van der Waals surface area (Å²) in [5, 5.41) is 0. The minimum Gasteiger partial charge on any atom is -0.271 e. The number of amidine groups is 1. The maximum Gasteiger partial charge on any atom is 0.269 e. The van der Waals surface area contributed by atoms with Gasteiger partial charge in [0.2, 0.25) is 0 Å². The zero-order valence-corrected chi connectivity index (χ0v) is 16.2. The normalized spacial score (nSPS) is 16.9. The van der Waals surface area contributed by atoms with E-state index in [4.69, 9.17) is 0 Å². The average Bonchev–Trinajstić information content (AvgIpc) is 2.95. The van der Waals surface area contributed by atoms with E-state index in [-0.39, 0.29) is 16.6 Å². The zero-order valence-electron chi connectivity index (χ0n) is 15.3. The van der Waals surface area contributed by atoms with Gasteiger partial charge in [0, 0.05) is 11.1 Å². The highest BCUT2D eigenvalue weighted by Crippen LogP contribution is 2.23. The molecule has 28 heavy (non-hydrogen) atoms. The van der Waals surface area contributed by atoms with Gasteiger partial charge in [-0.2, -0.15) is 0 Å². The lowest BCUT2D eigenvalue weighted by molar-refractivity contribution is -0.123. The number of nitrogens with one attached hydrogen (secondary N) is 3. The first-order valence-electron chi connectivity index (χ1n) is 8.65. The van der Waals surface area contributed by atoms with Crippen LogP contribution in [0.3, 0.4) is 0 Å². The molecule has 0 fully saturated rings. The maximum atomic E-state index is 12.6. The van der Waals surface area contributed by atoms with Crippen molar-refractivity contribution < 1.29 is 18.0 Å². The van der Waals surface area contributed by atoms with Crippen molar-refractivity contribution in [3.63, 3.8) is 0 Å². The highest BCUT2D eigenvalue weighted by atomic mass is 32.2. The second-order valence-electron chi connectivity index (χ2n) is 6.58. The molecule has 3 N–H and O–H groups in total. The van der Waals surface area contributed by atoms with Crippen LogP contribution in [-0.2, 0) is 14.8 Å². The van der Waals surface area contributed by atoms with Crippen molar-refractivity contribution in [1.82, 2.24) is 15.6 Å². The Balaban J connectivity index is 1.78. The summed E-state index contributed by atoms with van der Waals surface area (Å²) in [6.45, 7) is 3.56. The molecule has 0 radical (unpaired) electrons. The predicted octanol–water partition coefficient (Wildman–Crippen LogP) is 1.21. The Morgan fingerprint density at radius 3 is 2.29 bits per heavy atom. The lowest BCUT2D eigenvalue weighted by Gasteiger charge is -2.17. The fourth-order valence-electron chi connectivity index (χ4n) is 2.73. The highest BCUT2D eigenvalue weighted by Gasteiger charge is 2.32. The number of hydrogen-bond acceptors (Lipinski definition) is 5. The van der Waals surface area contributed by atoms with E-state index < -0.39 is 27.9 Å². The van der Waals surface area contributed by atoms with Crippen molar-refractivity contribution in [3.8, 4) is 0 Å². The van der Waals surface area contributed by atoms with Crippen molar-refractivity contribution >= 4 is 27.7 Å². The molecule has 2 aromatic rings. The second-order valence-corrected chi connectivity index (χ2v) is 8.23. The predicted molar refractivity (Wildman–Crippen MR) is 104 cm³/mol. The van der Waals surface area contributed by atoms with E-state index in [0.717, 1.165) is 0 Å². The standard InChI is InChI=1S/C19H20N4O4S/c1-12(2)16(19(25)22-21-18(24)13-8-4-3-5-9-13)20-17-14-10-6-7-11-15(14)28(26,27)23-17/h3-12,16H,1-2H3,(H,20,23)(H,21,24)(H,22,25)/t16-/m1/s1. The average molecular weight is 400 g/mol. The topological polar surface area (TPSA) is 117 Å². The first kappa shape index (κ1) is 19.6. The number of carbonyl (C=O) groups is 2. The molecule has 0 spiro atoms. The third-order valence-electron chi connectivity index (χ3n) is 4.17. The van der Waals surface area contributed by atoms with Crippen molar-refractivity contribution in [1.29, 1.82) is 0 Å². The van der Waals surface area contributed by atoms with Crippen LogP contribution in [0.5, 0.6) is 0 Å². The van der Waals surface area contributed by atoms with E-state index in [0.29, 0.717) is 11.1 Å². The number of fused-ring (bicyclic) bond motifs is 1. The monoisotopic (exact) mass is 400 g/mol. The van der Waals surface area contributed by atoms with Gasteiger partial charge in [0.25, 0.3) is 21.8 Å². The van der Waals surface area contributed by atoms with Gasteiger partial charge in [0.1, 0.15) is 11.9 Å². The molecule has 0 unspecified atom stereocenters. The van der Waals surface area contributed by atoms with Crippen molar-refractivity contribution in [2.75, 3.05) is 0 Å². The number of hydrazine groups is 1. The number of hydrogen-bond donors (Lipinski definition) is 3. The van der Waals surface area contributed by atoms with Crippen molar-refractivity contribution in [2.45, 2.75) is 24.8 Å². The Labute approximate surface area is 163 Å². The van der Waals surface area contributed by atoms with Crippen LogP contribution in [-0.4, -0.2) is 32.1 Å². The molecule has 0 aliphatic carbocycles. The molecule has 0 bridgehead atoms. The van der Waals surface area contributed by atoms with Crippen LogP contribution in [0.2, 0.25) is 0 Å². The first-order chi connectivity index (χ1) is 13.3. The lowest BCUT2D eigenvalue weighted by Crippen LogP contribution is -2.47. The molecule has 9 heteroatoms. The Hall–Kier alpha value is -3.20. The van der Waals surface area contributed by atoms with Gasteiger partial charge in [0.15, 0.2) is 0 Å². The highest BCUT2D eigenvalue weighted by molar-refractivity contribution is 7.90. The molecule has 0 saturated carbocycles. The van der Waals surface area contributed by atoms with Crippen LogP contribution >= 0.6 is 0 Å². The first-order valence-corrected chi connectivity index (χ1v) is 10.1. The number of benzene rings is 2. The molecule has 0 aromatic heterocycles. The zero-order chi connectivity index (χ0) is 20.3. The van der Waals surface area contributed by atoms with Gasteiger partial charge in [-0.3, -0.25) is 30.2 Å². The second kappa shape index (κ2) is 7.81. The summed E-state index contributed by atoms with van der Waals surface area (Å²) in [6.07, 6.45) is 0. The number of amides is 2. The minimum atomic E-state index is -3.70. The van der Waals surface area contributed by atoms with E-state index in [9.17, 15) is 18.0 Å². The van der Waals surface area contributed by atoms with Crippen LogP contribution in [0.1, 0.15) is 29.8 Å². The molecule has 3 rings (SSSR count). The molecule has 0 saturated heterocycles. The summed E-state index contributed by atoms with van der Waals surface area (Å²) in [5.41, 5.74) is 5.51. The van der Waals surface area contributed by atoms with Gasteiger partial charge in [-0.05, 0) is 30.2 Å². The summed E-state index contributed by atoms with van der Waals surface area (Å²) in [7, 11) is -3.70. The van der Waals surface area contributed by atoms with Gasteiger partial charge in [-0.25, -0.2) is 8.42 Å². The number of carbonyl (C=O) groups excluding carboxylic acids is 2. The fraction of sp³-hybridized carbons (Fsp3) is 0.211. The molecule has 1 atom stereocenters. The summed E-state index contributed by atoms with van der Waals surface area (Å²) in [5.74, 6) is -1.14. The molecular formula is C19H20N4O4S. The summed E-state index contributed by atoms with van der Waals surface area (Å²) in [4.78, 5) is 29.1. The van der Waals surface area contributed by atoms with Gasteiger partial charge < -0.3 is 0 Å². The summed E-state index contributed by atoms with van der Waals surface area (Å²) < 4.78 is 26.8. The minimum absolute atomic E-state index is 0.110. The van der Waals surface area contributed by atoms with Crippen molar-refractivity contribution in [2.24, 2.45) is 10.9 Å². The Kier molecular flexibility index (Phi) is 5.46. The van der Waals surface area contributed by atoms with Crippen LogP contribution in [0, 0.1) is 5.92 Å². The number of aliphatic imine (C=N–C) groups is 1. The molecule has 1 aliphatic rings. The van der Waals surface area contributed by atoms with Crippen LogP contribution in [0.4, 0.5) is 0 Å². The van der Waals surface area contributed by atoms with Gasteiger partial charge in [-0.1, -0.05) is 44.2 Å². The molecule has 2 aromatic carbocycles. The van der Waals surface area contributed by atoms with Crippen molar-refractivity contribution in [3.05, 3.63) is 65.7 Å². The quantitative estimate of drug-likeness (QED) is 0.669. The number of sulfonamides is 1. The Morgan fingerprint density at radius 1 is 0.964 bits per heavy atom. The number of rotatable bonds is 4. The maximum absolute atomic E-state index is 12.6. The number of nitrogens with zero attached hydrogens (tertiary/aromatic N) is 1. The molecule has 2 amide bonds. The smallest absolute Gasteiger partial charge is 0.269 e. The third kappa shape index (κ3) is 4.04. The summed E-state index contributed by atoms with van der Waals surface area (Å²) in [6, 6.07) is 13.9. The van der Waals surface area contributed by atoms with E-state index in [1.807, 2.05) is 0 Å². The van der Waals surface area contributed by atoms with Crippen LogP contribution < -0.4 is 15.6 Å². The van der Waals surface area contributed by atoms with E-state index in [1.54, 1.807) is 62.4 Å². The van der Waals surface area contributed by atoms with E-state index >= 15 is 0 Å².